The number of hydrogen-bond acceptors (Lipinski definition) is 2. The van der Waals surface area contributed by atoms with Gasteiger partial charge in [-0.2, -0.15) is 0 Å². The molecule has 2 heteroatoms. The van der Waals surface area contributed by atoms with Gasteiger partial charge in [0.1, 0.15) is 5.75 Å². The van der Waals surface area contributed by atoms with Gasteiger partial charge in [-0.15, -0.1) is 6.58 Å². The molecule has 0 saturated heterocycles. The number of aliphatic hydroxyl groups excluding tert-OH is 1. The van der Waals surface area contributed by atoms with Gasteiger partial charge in [0.05, 0.1) is 12.9 Å². The van der Waals surface area contributed by atoms with E-state index in [-0.39, 0.29) is 5.92 Å². The Hall–Kier alpha value is -2.22. The quantitative estimate of drug-likeness (QED) is 0.362. The van der Waals surface area contributed by atoms with E-state index in [9.17, 15) is 5.11 Å². The van der Waals surface area contributed by atoms with Crippen LogP contribution in [0.5, 0.6) is 5.75 Å². The second-order valence-corrected chi connectivity index (χ2v) is 4.82. The molecule has 1 atom stereocenters. The van der Waals surface area contributed by atoms with Crippen molar-refractivity contribution in [1.82, 2.24) is 0 Å². The van der Waals surface area contributed by atoms with E-state index in [0.717, 1.165) is 16.9 Å². The van der Waals surface area contributed by atoms with E-state index < -0.39 is 0 Å². The SMILES string of the molecule is C=CC(/C=C\c1ccc(OC)cc1)/C(C)=C/C=C(/O)CC.CC. The van der Waals surface area contributed by atoms with Crippen molar-refractivity contribution >= 4 is 6.08 Å². The number of methoxy groups -OCH3 is 1. The van der Waals surface area contributed by atoms with Gasteiger partial charge in [-0.3, -0.25) is 0 Å². The molecule has 1 unspecified atom stereocenters. The molecule has 0 spiro atoms. The highest BCUT2D eigenvalue weighted by atomic mass is 16.5. The summed E-state index contributed by atoms with van der Waals surface area (Å²) in [6.45, 7) is 11.8. The van der Waals surface area contributed by atoms with Crippen LogP contribution in [0.3, 0.4) is 0 Å². The van der Waals surface area contributed by atoms with Crippen LogP contribution in [0.2, 0.25) is 0 Å². The van der Waals surface area contributed by atoms with Crippen molar-refractivity contribution < 1.29 is 9.84 Å². The Balaban J connectivity index is 0.00000232. The zero-order valence-corrected chi connectivity index (χ0v) is 15.0. The van der Waals surface area contributed by atoms with Gasteiger partial charge in [0.25, 0.3) is 0 Å². The summed E-state index contributed by atoms with van der Waals surface area (Å²) < 4.78 is 5.14. The molecule has 2 nitrogen and oxygen atoms in total. The van der Waals surface area contributed by atoms with Crippen LogP contribution in [-0.4, -0.2) is 12.2 Å². The van der Waals surface area contributed by atoms with Crippen LogP contribution in [0.4, 0.5) is 0 Å². The van der Waals surface area contributed by atoms with Crippen molar-refractivity contribution in [3.05, 3.63) is 72.0 Å². The third-order valence-corrected chi connectivity index (χ3v) is 3.29. The molecule has 0 amide bonds. The predicted molar refractivity (Wildman–Crippen MR) is 102 cm³/mol. The standard InChI is InChI=1S/C19H24O2.C2H6/c1-5-17(15(3)7-12-18(20)6-2)11-8-16-9-13-19(21-4)14-10-16;1-2/h5,7-14,17,20H,1,6H2,2-4H3;1-2H3/b11-8-,15-7+,18-12+;. The topological polar surface area (TPSA) is 29.5 Å². The van der Waals surface area contributed by atoms with Crippen LogP contribution in [-0.2, 0) is 0 Å². The highest BCUT2D eigenvalue weighted by Gasteiger charge is 2.01. The molecular weight excluding hydrogens is 284 g/mol. The van der Waals surface area contributed by atoms with Crippen molar-refractivity contribution in [3.63, 3.8) is 0 Å². The molecule has 0 saturated carbocycles. The number of benzene rings is 1. The monoisotopic (exact) mass is 314 g/mol. The van der Waals surface area contributed by atoms with Crippen LogP contribution >= 0.6 is 0 Å². The van der Waals surface area contributed by atoms with Crippen molar-refractivity contribution in [2.75, 3.05) is 7.11 Å². The average Bonchev–Trinajstić information content (AvgIpc) is 2.62. The molecule has 0 radical (unpaired) electrons. The first-order valence-electron chi connectivity index (χ1n) is 8.11. The Bertz CT molecular complexity index is 533. The number of rotatable bonds is 7. The lowest BCUT2D eigenvalue weighted by Crippen LogP contribution is -1.93. The minimum Gasteiger partial charge on any atom is -0.512 e. The molecule has 1 aromatic carbocycles. The Kier molecular flexibility index (Phi) is 11.1. The average molecular weight is 314 g/mol. The van der Waals surface area contributed by atoms with E-state index in [4.69, 9.17) is 4.74 Å². The maximum absolute atomic E-state index is 9.48. The molecule has 1 N–H and O–H groups in total. The van der Waals surface area contributed by atoms with E-state index in [1.54, 1.807) is 13.2 Å². The molecule has 126 valence electrons. The van der Waals surface area contributed by atoms with Crippen LogP contribution < -0.4 is 4.74 Å². The van der Waals surface area contributed by atoms with Gasteiger partial charge < -0.3 is 9.84 Å². The minimum atomic E-state index is 0.146. The first-order chi connectivity index (χ1) is 11.1. The Labute approximate surface area is 141 Å². The highest BCUT2D eigenvalue weighted by molar-refractivity contribution is 5.52. The van der Waals surface area contributed by atoms with Crippen LogP contribution in [0.25, 0.3) is 6.08 Å². The van der Waals surface area contributed by atoms with Crippen molar-refractivity contribution in [1.29, 1.82) is 0 Å². The number of allylic oxidation sites excluding steroid dienone is 6. The van der Waals surface area contributed by atoms with E-state index in [0.29, 0.717) is 12.2 Å². The van der Waals surface area contributed by atoms with Gasteiger partial charge in [0.15, 0.2) is 0 Å². The summed E-state index contributed by atoms with van der Waals surface area (Å²) in [7, 11) is 1.66. The number of ether oxygens (including phenoxy) is 1. The van der Waals surface area contributed by atoms with E-state index in [2.05, 4.69) is 18.7 Å². The normalized spacial score (nSPS) is 13.3. The van der Waals surface area contributed by atoms with Gasteiger partial charge in [-0.1, -0.05) is 62.8 Å². The molecule has 23 heavy (non-hydrogen) atoms. The van der Waals surface area contributed by atoms with E-state index in [1.165, 1.54) is 0 Å². The zero-order chi connectivity index (χ0) is 17.7. The van der Waals surface area contributed by atoms with Gasteiger partial charge >= 0.3 is 0 Å². The minimum absolute atomic E-state index is 0.146. The predicted octanol–water partition coefficient (Wildman–Crippen LogP) is 6.34. The summed E-state index contributed by atoms with van der Waals surface area (Å²) in [5.41, 5.74) is 2.25. The largest absolute Gasteiger partial charge is 0.512 e. The second-order valence-electron chi connectivity index (χ2n) is 4.82. The number of aliphatic hydroxyl groups is 1. The Morgan fingerprint density at radius 2 is 1.83 bits per heavy atom. The Morgan fingerprint density at radius 3 is 2.30 bits per heavy atom. The van der Waals surface area contributed by atoms with E-state index >= 15 is 0 Å². The first kappa shape index (κ1) is 20.8. The van der Waals surface area contributed by atoms with Crippen molar-refractivity contribution in [3.8, 4) is 5.75 Å². The smallest absolute Gasteiger partial charge is 0.118 e. The number of hydrogen-bond donors (Lipinski definition) is 1. The summed E-state index contributed by atoms with van der Waals surface area (Å²) >= 11 is 0. The molecule has 0 aliphatic heterocycles. The van der Waals surface area contributed by atoms with E-state index in [1.807, 2.05) is 64.1 Å². The lowest BCUT2D eigenvalue weighted by Gasteiger charge is -2.07. The van der Waals surface area contributed by atoms with Crippen molar-refractivity contribution in [2.45, 2.75) is 34.1 Å². The third kappa shape index (κ3) is 8.10. The fourth-order valence-corrected chi connectivity index (χ4v) is 1.80. The highest BCUT2D eigenvalue weighted by Crippen LogP contribution is 2.18. The third-order valence-electron chi connectivity index (χ3n) is 3.29. The van der Waals surface area contributed by atoms with Gasteiger partial charge in [0.2, 0.25) is 0 Å². The fraction of sp³-hybridized carbons (Fsp3) is 0.333. The first-order valence-corrected chi connectivity index (χ1v) is 8.11. The molecule has 0 aliphatic carbocycles. The van der Waals surface area contributed by atoms with Gasteiger partial charge in [-0.05, 0) is 30.7 Å². The summed E-state index contributed by atoms with van der Waals surface area (Å²) in [5, 5.41) is 9.48. The summed E-state index contributed by atoms with van der Waals surface area (Å²) in [5.74, 6) is 1.38. The zero-order valence-electron chi connectivity index (χ0n) is 15.0. The molecule has 1 aromatic rings. The van der Waals surface area contributed by atoms with Crippen LogP contribution in [0, 0.1) is 5.92 Å². The molecule has 1 rings (SSSR count). The van der Waals surface area contributed by atoms with Gasteiger partial charge in [0, 0.05) is 12.3 Å². The Morgan fingerprint density at radius 1 is 1.22 bits per heavy atom. The fourth-order valence-electron chi connectivity index (χ4n) is 1.80. The van der Waals surface area contributed by atoms with Gasteiger partial charge in [-0.25, -0.2) is 0 Å². The molecule has 0 aromatic heterocycles. The molecular formula is C21H30O2. The molecule has 0 bridgehead atoms. The summed E-state index contributed by atoms with van der Waals surface area (Å²) in [4.78, 5) is 0. The maximum Gasteiger partial charge on any atom is 0.118 e. The molecule has 0 heterocycles. The van der Waals surface area contributed by atoms with Crippen LogP contribution in [0.1, 0.15) is 39.7 Å². The van der Waals surface area contributed by atoms with Crippen LogP contribution in [0.15, 0.2) is 66.5 Å². The maximum atomic E-state index is 9.48. The lowest BCUT2D eigenvalue weighted by molar-refractivity contribution is 0.394. The second kappa shape index (κ2) is 12.3. The molecule has 0 fully saturated rings. The lowest BCUT2D eigenvalue weighted by atomic mass is 9.98. The summed E-state index contributed by atoms with van der Waals surface area (Å²) in [6, 6.07) is 7.90. The molecule has 0 aliphatic rings. The summed E-state index contributed by atoms with van der Waals surface area (Å²) in [6.07, 6.45) is 10.4. The van der Waals surface area contributed by atoms with Crippen molar-refractivity contribution in [2.24, 2.45) is 5.92 Å².